The summed E-state index contributed by atoms with van der Waals surface area (Å²) >= 11 is 0. The largest absolute Gasteiger partial charge is 0.400 e. The Hall–Kier alpha value is -0.643. The number of benzene rings is 1. The summed E-state index contributed by atoms with van der Waals surface area (Å²) in [7, 11) is 0.292. The molecule has 0 saturated heterocycles. The van der Waals surface area contributed by atoms with Crippen LogP contribution in [-0.4, -0.2) is 23.0 Å². The van der Waals surface area contributed by atoms with Crippen LogP contribution in [0.15, 0.2) is 30.3 Å². The Labute approximate surface area is 81.3 Å². The minimum absolute atomic E-state index is 0.748. The summed E-state index contributed by atoms with van der Waals surface area (Å²) in [6, 6.07) is 11.3. The average Bonchev–Trinajstić information content (AvgIpc) is 2.19. The van der Waals surface area contributed by atoms with Crippen molar-refractivity contribution in [1.82, 2.24) is 0 Å². The fourth-order valence-corrected chi connectivity index (χ4v) is 2.65. The Balaban J connectivity index is 2.46. The molecule has 0 amide bonds. The van der Waals surface area contributed by atoms with E-state index < -0.39 is 9.28 Å². The molecule has 1 aromatic rings. The van der Waals surface area contributed by atoms with Crippen LogP contribution in [0.1, 0.15) is 12.5 Å². The van der Waals surface area contributed by atoms with Gasteiger partial charge in [0.2, 0.25) is 0 Å². The van der Waals surface area contributed by atoms with E-state index in [2.05, 4.69) is 12.1 Å². The quantitative estimate of drug-likeness (QED) is 0.667. The van der Waals surface area contributed by atoms with Crippen molar-refractivity contribution in [3.8, 4) is 0 Å². The van der Waals surface area contributed by atoms with Crippen LogP contribution in [0.2, 0.25) is 0 Å². The lowest BCUT2D eigenvalue weighted by Crippen LogP contribution is -2.24. The van der Waals surface area contributed by atoms with Gasteiger partial charge in [-0.25, -0.2) is 0 Å². The monoisotopic (exact) mass is 196 g/mol. The molecule has 0 aromatic heterocycles. The lowest BCUT2D eigenvalue weighted by Gasteiger charge is -2.12. The predicted octanol–water partition coefficient (Wildman–Crippen LogP) is 1.67. The zero-order valence-corrected chi connectivity index (χ0v) is 9.35. The third kappa shape index (κ3) is 3.72. The summed E-state index contributed by atoms with van der Waals surface area (Å²) in [6.07, 6.45) is 0. The van der Waals surface area contributed by atoms with E-state index in [1.54, 1.807) is 7.11 Å². The van der Waals surface area contributed by atoms with Crippen molar-refractivity contribution in [1.29, 1.82) is 0 Å². The highest BCUT2D eigenvalue weighted by atomic mass is 28.3. The van der Waals surface area contributed by atoms with E-state index in [1.807, 2.05) is 25.1 Å². The minimum Gasteiger partial charge on any atom is -0.400 e. The molecule has 13 heavy (non-hydrogen) atoms. The van der Waals surface area contributed by atoms with Crippen molar-refractivity contribution >= 4 is 9.28 Å². The van der Waals surface area contributed by atoms with Gasteiger partial charge >= 0.3 is 9.28 Å². The molecule has 0 N–H and O–H groups in total. The highest BCUT2D eigenvalue weighted by Gasteiger charge is 2.10. The van der Waals surface area contributed by atoms with Gasteiger partial charge in [0.25, 0.3) is 0 Å². The molecule has 0 saturated carbocycles. The Kier molecular flexibility index (Phi) is 4.75. The van der Waals surface area contributed by atoms with E-state index in [9.17, 15) is 0 Å². The molecule has 0 aliphatic carbocycles. The molecule has 3 heteroatoms. The van der Waals surface area contributed by atoms with E-state index in [1.165, 1.54) is 5.56 Å². The molecule has 0 heterocycles. The number of rotatable bonds is 5. The van der Waals surface area contributed by atoms with Gasteiger partial charge in [0.05, 0.1) is 0 Å². The van der Waals surface area contributed by atoms with Gasteiger partial charge in [0.15, 0.2) is 0 Å². The van der Waals surface area contributed by atoms with Gasteiger partial charge in [-0.1, -0.05) is 30.3 Å². The molecule has 0 spiro atoms. The Morgan fingerprint density at radius 2 is 1.92 bits per heavy atom. The van der Waals surface area contributed by atoms with Gasteiger partial charge in [-0.3, -0.25) is 0 Å². The first-order chi connectivity index (χ1) is 6.36. The summed E-state index contributed by atoms with van der Waals surface area (Å²) in [5.41, 5.74) is 1.30. The molecule has 0 aliphatic heterocycles. The van der Waals surface area contributed by atoms with Gasteiger partial charge in [0, 0.05) is 19.8 Å². The first-order valence-corrected chi connectivity index (χ1v) is 6.31. The fraction of sp³-hybridized carbons (Fsp3) is 0.400. The number of hydrogen-bond donors (Lipinski definition) is 0. The Morgan fingerprint density at radius 3 is 2.46 bits per heavy atom. The Bertz CT molecular complexity index is 226. The molecule has 2 nitrogen and oxygen atoms in total. The third-order valence-corrected chi connectivity index (χ3v) is 3.90. The molecular weight excluding hydrogens is 180 g/mol. The van der Waals surface area contributed by atoms with E-state index in [-0.39, 0.29) is 0 Å². The highest BCUT2D eigenvalue weighted by Crippen LogP contribution is 2.03. The van der Waals surface area contributed by atoms with Crippen LogP contribution in [0.5, 0.6) is 0 Å². The molecule has 0 radical (unpaired) electrons. The van der Waals surface area contributed by atoms with E-state index >= 15 is 0 Å². The molecule has 1 atom stereocenters. The van der Waals surface area contributed by atoms with Crippen LogP contribution >= 0.6 is 0 Å². The van der Waals surface area contributed by atoms with Crippen molar-refractivity contribution in [2.45, 2.75) is 13.0 Å². The van der Waals surface area contributed by atoms with Gasteiger partial charge in [0.1, 0.15) is 0 Å². The second kappa shape index (κ2) is 5.91. The van der Waals surface area contributed by atoms with Gasteiger partial charge in [-0.15, -0.1) is 0 Å². The van der Waals surface area contributed by atoms with Crippen LogP contribution in [-0.2, 0) is 14.9 Å². The van der Waals surface area contributed by atoms with Crippen molar-refractivity contribution in [2.75, 3.05) is 13.7 Å². The van der Waals surface area contributed by atoms with E-state index in [4.69, 9.17) is 8.85 Å². The van der Waals surface area contributed by atoms with Crippen LogP contribution < -0.4 is 0 Å². The van der Waals surface area contributed by atoms with Crippen LogP contribution in [0.3, 0.4) is 0 Å². The zero-order chi connectivity index (χ0) is 9.52. The normalized spacial score (nSPS) is 12.8. The summed E-state index contributed by atoms with van der Waals surface area (Å²) in [5.74, 6) is 0. The molecule has 1 aromatic carbocycles. The van der Waals surface area contributed by atoms with Crippen LogP contribution in [0, 0.1) is 0 Å². The van der Waals surface area contributed by atoms with E-state index in [0.29, 0.717) is 0 Å². The second-order valence-corrected chi connectivity index (χ2v) is 4.88. The summed E-state index contributed by atoms with van der Waals surface area (Å²) in [4.78, 5) is 0. The fourth-order valence-electron chi connectivity index (χ4n) is 1.20. The first-order valence-electron chi connectivity index (χ1n) is 4.55. The molecule has 1 rings (SSSR count). The maximum absolute atomic E-state index is 5.51. The zero-order valence-electron chi connectivity index (χ0n) is 8.19. The van der Waals surface area contributed by atoms with Crippen LogP contribution in [0.25, 0.3) is 0 Å². The maximum atomic E-state index is 5.51. The summed E-state index contributed by atoms with van der Waals surface area (Å²) in [6.45, 7) is 2.75. The standard InChI is InChI=1S/C10H16O2Si/c1-3-12-13(11-2)9-10-7-5-4-6-8-10/h4-8,13H,3,9H2,1-2H3. The van der Waals surface area contributed by atoms with Crippen LogP contribution in [0.4, 0.5) is 0 Å². The minimum atomic E-state index is -1.44. The van der Waals surface area contributed by atoms with Crippen molar-refractivity contribution in [2.24, 2.45) is 0 Å². The SMILES string of the molecule is CCO[SiH](Cc1ccccc1)OC. The molecule has 72 valence electrons. The lowest BCUT2D eigenvalue weighted by atomic mass is 10.2. The molecular formula is C10H16O2Si. The van der Waals surface area contributed by atoms with Crippen molar-refractivity contribution in [3.05, 3.63) is 35.9 Å². The molecule has 0 fully saturated rings. The van der Waals surface area contributed by atoms with Gasteiger partial charge in [-0.2, -0.15) is 0 Å². The maximum Gasteiger partial charge on any atom is 0.325 e. The van der Waals surface area contributed by atoms with Crippen molar-refractivity contribution < 1.29 is 8.85 Å². The lowest BCUT2D eigenvalue weighted by molar-refractivity contribution is 0.240. The summed E-state index contributed by atoms with van der Waals surface area (Å²) in [5, 5.41) is 0. The average molecular weight is 196 g/mol. The smallest absolute Gasteiger partial charge is 0.325 e. The van der Waals surface area contributed by atoms with Crippen molar-refractivity contribution in [3.63, 3.8) is 0 Å². The van der Waals surface area contributed by atoms with Gasteiger partial charge in [-0.05, 0) is 12.5 Å². The van der Waals surface area contributed by atoms with Gasteiger partial charge < -0.3 is 8.85 Å². The number of hydrogen-bond acceptors (Lipinski definition) is 2. The highest BCUT2D eigenvalue weighted by molar-refractivity contribution is 6.43. The third-order valence-electron chi connectivity index (χ3n) is 1.86. The second-order valence-electron chi connectivity index (χ2n) is 2.81. The molecule has 1 unspecified atom stereocenters. The molecule has 0 bridgehead atoms. The topological polar surface area (TPSA) is 18.5 Å². The predicted molar refractivity (Wildman–Crippen MR) is 55.9 cm³/mol. The molecule has 0 aliphatic rings. The Morgan fingerprint density at radius 1 is 1.23 bits per heavy atom. The first kappa shape index (κ1) is 10.4. The summed E-state index contributed by atoms with van der Waals surface area (Å²) < 4.78 is 10.8. The van der Waals surface area contributed by atoms with E-state index in [0.717, 1.165) is 12.7 Å².